The topological polar surface area (TPSA) is 140 Å². The molecule has 6 rings (SSSR count). The Morgan fingerprint density at radius 3 is 2.81 bits per heavy atom. The smallest absolute Gasteiger partial charge is 0.166 e. The van der Waals surface area contributed by atoms with E-state index in [2.05, 4.69) is 35.1 Å². The van der Waals surface area contributed by atoms with Crippen molar-refractivity contribution in [1.29, 1.82) is 0 Å². The first-order valence-corrected chi connectivity index (χ1v) is 9.57. The van der Waals surface area contributed by atoms with Crippen molar-refractivity contribution in [1.82, 2.24) is 44.7 Å². The zero-order valence-electron chi connectivity index (χ0n) is 16.4. The fourth-order valence-corrected chi connectivity index (χ4v) is 3.61. The molecule has 150 valence electrons. The largest absolute Gasteiger partial charge is 0.397 e. The molecule has 0 spiro atoms. The normalized spacial score (nSPS) is 11.5. The van der Waals surface area contributed by atoms with Crippen molar-refractivity contribution in [3.8, 4) is 28.6 Å². The standard InChI is InChI=1S/C21H16N10/c1-11-9-31(10-26-11)21-19-15(2-3-24-21)27-20(28-19)18-14-5-16(25-8-17(14)29-30-18)12-4-13(22)7-23-6-12/h2-10H,22H2,1H3,(H,27,28)(H,29,30). The molecule has 0 aliphatic carbocycles. The van der Waals surface area contributed by atoms with Crippen LogP contribution in [0.15, 0.2) is 55.5 Å². The number of pyridine rings is 3. The van der Waals surface area contributed by atoms with Crippen LogP contribution in [-0.2, 0) is 0 Å². The van der Waals surface area contributed by atoms with Crippen LogP contribution in [0.3, 0.4) is 0 Å². The van der Waals surface area contributed by atoms with Gasteiger partial charge in [-0.1, -0.05) is 0 Å². The van der Waals surface area contributed by atoms with Crippen molar-refractivity contribution in [2.24, 2.45) is 0 Å². The SMILES string of the molecule is Cc1cn(-c2nccc3[nH]c(-c4n[nH]c5cnc(-c6cncc(N)c6)cc45)nc23)cn1. The summed E-state index contributed by atoms with van der Waals surface area (Å²) >= 11 is 0. The molecule has 0 saturated heterocycles. The Bertz CT molecular complexity index is 1570. The van der Waals surface area contributed by atoms with Gasteiger partial charge in [0, 0.05) is 35.7 Å². The second-order valence-electron chi connectivity index (χ2n) is 7.23. The molecule has 0 amide bonds. The number of aryl methyl sites for hydroxylation is 1. The molecular formula is C21H16N10. The molecule has 0 fully saturated rings. The molecular weight excluding hydrogens is 392 g/mol. The van der Waals surface area contributed by atoms with Gasteiger partial charge >= 0.3 is 0 Å². The molecule has 0 aliphatic heterocycles. The van der Waals surface area contributed by atoms with Crippen LogP contribution >= 0.6 is 0 Å². The zero-order valence-corrected chi connectivity index (χ0v) is 16.4. The Labute approximate surface area is 175 Å². The zero-order chi connectivity index (χ0) is 20.9. The summed E-state index contributed by atoms with van der Waals surface area (Å²) in [5.41, 5.74) is 12.0. The third-order valence-electron chi connectivity index (χ3n) is 5.06. The minimum absolute atomic E-state index is 0.582. The number of nitrogens with one attached hydrogen (secondary N) is 2. The van der Waals surface area contributed by atoms with E-state index in [-0.39, 0.29) is 0 Å². The number of imidazole rings is 2. The maximum atomic E-state index is 5.88. The first kappa shape index (κ1) is 17.3. The van der Waals surface area contributed by atoms with Gasteiger partial charge in [0.1, 0.15) is 17.5 Å². The van der Waals surface area contributed by atoms with Crippen molar-refractivity contribution in [3.05, 3.63) is 61.2 Å². The highest BCUT2D eigenvalue weighted by molar-refractivity contribution is 5.95. The predicted octanol–water partition coefficient (Wildman–Crippen LogP) is 3.03. The van der Waals surface area contributed by atoms with E-state index >= 15 is 0 Å². The molecule has 10 heteroatoms. The highest BCUT2D eigenvalue weighted by Crippen LogP contribution is 2.30. The number of hydrogen-bond donors (Lipinski definition) is 3. The molecule has 6 aromatic rings. The second kappa shape index (κ2) is 6.46. The van der Waals surface area contributed by atoms with Gasteiger partial charge < -0.3 is 10.7 Å². The van der Waals surface area contributed by atoms with Crippen LogP contribution in [0.2, 0.25) is 0 Å². The van der Waals surface area contributed by atoms with Gasteiger partial charge in [-0.05, 0) is 25.1 Å². The van der Waals surface area contributed by atoms with Gasteiger partial charge in [0.25, 0.3) is 0 Å². The van der Waals surface area contributed by atoms with Crippen LogP contribution in [0.4, 0.5) is 5.69 Å². The summed E-state index contributed by atoms with van der Waals surface area (Å²) in [6.45, 7) is 1.93. The summed E-state index contributed by atoms with van der Waals surface area (Å²) in [6.07, 6.45) is 10.5. The molecule has 0 saturated carbocycles. The third kappa shape index (κ3) is 2.81. The van der Waals surface area contributed by atoms with Crippen molar-refractivity contribution in [3.63, 3.8) is 0 Å². The number of anilines is 1. The Hall–Kier alpha value is -4.60. The summed E-state index contributed by atoms with van der Waals surface area (Å²) in [5.74, 6) is 1.34. The number of rotatable bonds is 3. The quantitative estimate of drug-likeness (QED) is 0.409. The van der Waals surface area contributed by atoms with Gasteiger partial charge in [0.15, 0.2) is 11.6 Å². The maximum absolute atomic E-state index is 5.88. The Morgan fingerprint density at radius 2 is 1.97 bits per heavy atom. The minimum atomic E-state index is 0.582. The van der Waals surface area contributed by atoms with Crippen molar-refractivity contribution < 1.29 is 0 Å². The van der Waals surface area contributed by atoms with Crippen LogP contribution in [0, 0.1) is 6.92 Å². The van der Waals surface area contributed by atoms with Gasteiger partial charge in [-0.2, -0.15) is 5.10 Å². The van der Waals surface area contributed by atoms with Gasteiger partial charge in [-0.25, -0.2) is 15.0 Å². The number of aromatic nitrogens is 9. The average molecular weight is 408 g/mol. The number of hydrogen-bond acceptors (Lipinski definition) is 7. The molecule has 0 unspecified atom stereocenters. The summed E-state index contributed by atoms with van der Waals surface area (Å²) in [7, 11) is 0. The van der Waals surface area contributed by atoms with E-state index in [1.54, 1.807) is 31.1 Å². The number of H-pyrrole nitrogens is 2. The average Bonchev–Trinajstić information content (AvgIpc) is 3.50. The molecule has 0 aromatic carbocycles. The Morgan fingerprint density at radius 1 is 1.03 bits per heavy atom. The Balaban J connectivity index is 1.51. The van der Waals surface area contributed by atoms with Gasteiger partial charge in [-0.15, -0.1) is 0 Å². The molecule has 0 radical (unpaired) electrons. The third-order valence-corrected chi connectivity index (χ3v) is 5.06. The van der Waals surface area contributed by atoms with Gasteiger partial charge in [0.05, 0.1) is 34.3 Å². The number of fused-ring (bicyclic) bond motifs is 2. The molecule has 0 aliphatic rings. The maximum Gasteiger partial charge on any atom is 0.166 e. The first-order valence-electron chi connectivity index (χ1n) is 9.57. The van der Waals surface area contributed by atoms with E-state index in [1.165, 1.54) is 0 Å². The fraction of sp³-hybridized carbons (Fsp3) is 0.0476. The lowest BCUT2D eigenvalue weighted by molar-refractivity contribution is 1.00. The first-order chi connectivity index (χ1) is 15.2. The second-order valence-corrected chi connectivity index (χ2v) is 7.23. The van der Waals surface area contributed by atoms with Gasteiger partial charge in [-0.3, -0.25) is 19.6 Å². The van der Waals surface area contributed by atoms with E-state index in [1.807, 2.05) is 35.9 Å². The number of aromatic amines is 2. The van der Waals surface area contributed by atoms with Crippen molar-refractivity contribution in [2.75, 3.05) is 5.73 Å². The minimum Gasteiger partial charge on any atom is -0.397 e. The van der Waals surface area contributed by atoms with Crippen LogP contribution in [0.25, 0.3) is 50.5 Å². The fourth-order valence-electron chi connectivity index (χ4n) is 3.61. The molecule has 6 aromatic heterocycles. The van der Waals surface area contributed by atoms with Crippen molar-refractivity contribution in [2.45, 2.75) is 6.92 Å². The summed E-state index contributed by atoms with van der Waals surface area (Å²) in [5, 5.41) is 8.40. The van der Waals surface area contributed by atoms with Crippen molar-refractivity contribution >= 4 is 27.6 Å². The summed E-state index contributed by atoms with van der Waals surface area (Å²) < 4.78 is 1.86. The Kier molecular flexibility index (Phi) is 3.60. The van der Waals surface area contributed by atoms with E-state index < -0.39 is 0 Å². The molecule has 6 heterocycles. The highest BCUT2D eigenvalue weighted by atomic mass is 15.2. The highest BCUT2D eigenvalue weighted by Gasteiger charge is 2.17. The van der Waals surface area contributed by atoms with Crippen LogP contribution in [-0.4, -0.2) is 44.7 Å². The van der Waals surface area contributed by atoms with E-state index in [9.17, 15) is 0 Å². The predicted molar refractivity (Wildman–Crippen MR) is 116 cm³/mol. The van der Waals surface area contributed by atoms with E-state index in [0.29, 0.717) is 23.0 Å². The molecule has 31 heavy (non-hydrogen) atoms. The van der Waals surface area contributed by atoms with E-state index in [0.717, 1.165) is 38.9 Å². The van der Waals surface area contributed by atoms with Crippen LogP contribution < -0.4 is 5.73 Å². The van der Waals surface area contributed by atoms with Crippen LogP contribution in [0.5, 0.6) is 0 Å². The molecule has 0 atom stereocenters. The monoisotopic (exact) mass is 408 g/mol. The van der Waals surface area contributed by atoms with Gasteiger partial charge in [0.2, 0.25) is 0 Å². The lowest BCUT2D eigenvalue weighted by atomic mass is 10.1. The number of nitrogens with zero attached hydrogens (tertiary/aromatic N) is 7. The lowest BCUT2D eigenvalue weighted by Gasteiger charge is -2.02. The molecule has 0 bridgehead atoms. The lowest BCUT2D eigenvalue weighted by Crippen LogP contribution is -1.95. The van der Waals surface area contributed by atoms with E-state index in [4.69, 9.17) is 10.7 Å². The molecule has 10 nitrogen and oxygen atoms in total. The van der Waals surface area contributed by atoms with Crippen LogP contribution in [0.1, 0.15) is 5.69 Å². The molecule has 4 N–H and O–H groups in total. The summed E-state index contributed by atoms with van der Waals surface area (Å²) in [6, 6.07) is 5.68. The number of nitrogen functional groups attached to an aromatic ring is 1. The number of nitrogens with two attached hydrogens (primary N) is 1. The summed E-state index contributed by atoms with van der Waals surface area (Å²) in [4.78, 5) is 25.6.